The van der Waals surface area contributed by atoms with Crippen LogP contribution in [-0.4, -0.2) is 26.1 Å². The van der Waals surface area contributed by atoms with E-state index >= 15 is 0 Å². The molecule has 0 aliphatic carbocycles. The zero-order valence-corrected chi connectivity index (χ0v) is 13.9. The number of carbonyl (C=O) groups is 1. The first-order valence-corrected chi connectivity index (χ1v) is 9.23. The standard InChI is InChI=1S/C15H12F3NO3S2/c1-24(21,22)13-4-2-3-11(9-13)19-14(20)10-5-7-12(8-6-10)23-15(16,17)18/h2-9H,1H3,(H,19,20). The Balaban J connectivity index is 2.13. The van der Waals surface area contributed by atoms with E-state index in [-0.39, 0.29) is 32.8 Å². The summed E-state index contributed by atoms with van der Waals surface area (Å²) in [4.78, 5) is 12.1. The maximum absolute atomic E-state index is 12.3. The van der Waals surface area contributed by atoms with Gasteiger partial charge in [0, 0.05) is 22.4 Å². The number of sulfone groups is 1. The molecule has 0 aromatic heterocycles. The van der Waals surface area contributed by atoms with Gasteiger partial charge in [-0.25, -0.2) is 8.42 Å². The van der Waals surface area contributed by atoms with Crippen molar-refractivity contribution in [3.63, 3.8) is 0 Å². The number of rotatable bonds is 4. The van der Waals surface area contributed by atoms with E-state index in [1.54, 1.807) is 0 Å². The minimum Gasteiger partial charge on any atom is -0.322 e. The van der Waals surface area contributed by atoms with E-state index in [0.29, 0.717) is 0 Å². The number of benzene rings is 2. The number of nitrogens with one attached hydrogen (secondary N) is 1. The monoisotopic (exact) mass is 375 g/mol. The van der Waals surface area contributed by atoms with Crippen LogP contribution in [-0.2, 0) is 9.84 Å². The first-order valence-electron chi connectivity index (χ1n) is 6.52. The highest BCUT2D eigenvalue weighted by atomic mass is 32.2. The summed E-state index contributed by atoms with van der Waals surface area (Å²) in [7, 11) is -3.41. The smallest absolute Gasteiger partial charge is 0.322 e. The summed E-state index contributed by atoms with van der Waals surface area (Å²) in [6.07, 6.45) is 1.05. The Morgan fingerprint density at radius 3 is 2.25 bits per heavy atom. The fraction of sp³-hybridized carbons (Fsp3) is 0.133. The van der Waals surface area contributed by atoms with Crippen LogP contribution in [0.5, 0.6) is 0 Å². The molecule has 0 fully saturated rings. The Labute approximate surface area is 141 Å². The Morgan fingerprint density at radius 1 is 1.08 bits per heavy atom. The average molecular weight is 375 g/mol. The van der Waals surface area contributed by atoms with Crippen molar-refractivity contribution in [2.45, 2.75) is 15.3 Å². The van der Waals surface area contributed by atoms with Crippen LogP contribution in [0.2, 0.25) is 0 Å². The molecule has 24 heavy (non-hydrogen) atoms. The number of alkyl halides is 3. The second-order valence-corrected chi connectivity index (χ2v) is 7.98. The molecule has 0 aliphatic heterocycles. The van der Waals surface area contributed by atoms with Crippen molar-refractivity contribution < 1.29 is 26.4 Å². The molecule has 1 N–H and O–H groups in total. The molecule has 1 amide bonds. The molecule has 0 radical (unpaired) electrons. The van der Waals surface area contributed by atoms with Crippen LogP contribution in [0.3, 0.4) is 0 Å². The highest BCUT2D eigenvalue weighted by molar-refractivity contribution is 8.00. The summed E-state index contributed by atoms with van der Waals surface area (Å²) in [5, 5.41) is 2.51. The molecule has 9 heteroatoms. The molecule has 4 nitrogen and oxygen atoms in total. The maximum atomic E-state index is 12.3. The molecule has 0 spiro atoms. The van der Waals surface area contributed by atoms with Gasteiger partial charge < -0.3 is 5.32 Å². The number of halogens is 3. The van der Waals surface area contributed by atoms with Gasteiger partial charge in [0.05, 0.1) is 4.90 Å². The molecule has 0 heterocycles. The van der Waals surface area contributed by atoms with Crippen molar-refractivity contribution in [1.82, 2.24) is 0 Å². The molecule has 0 aliphatic rings. The van der Waals surface area contributed by atoms with Gasteiger partial charge >= 0.3 is 5.51 Å². The molecule has 0 saturated carbocycles. The van der Waals surface area contributed by atoms with Gasteiger partial charge in [-0.3, -0.25) is 4.79 Å². The van der Waals surface area contributed by atoms with Crippen molar-refractivity contribution in [1.29, 1.82) is 0 Å². The second-order valence-electron chi connectivity index (χ2n) is 4.83. The van der Waals surface area contributed by atoms with Crippen LogP contribution < -0.4 is 5.32 Å². The number of amides is 1. The third kappa shape index (κ3) is 5.27. The summed E-state index contributed by atoms with van der Waals surface area (Å²) in [6, 6.07) is 10.6. The minimum absolute atomic E-state index is 0.0295. The van der Waals surface area contributed by atoms with Crippen molar-refractivity contribution in [2.24, 2.45) is 0 Å². The molecule has 0 saturated heterocycles. The number of hydrogen-bond acceptors (Lipinski definition) is 4. The predicted molar refractivity (Wildman–Crippen MR) is 85.9 cm³/mol. The molecule has 0 bridgehead atoms. The number of anilines is 1. The Hall–Kier alpha value is -2.00. The molecular formula is C15H12F3NO3S2. The van der Waals surface area contributed by atoms with Crippen molar-refractivity contribution in [3.05, 3.63) is 54.1 Å². The summed E-state index contributed by atoms with van der Waals surface area (Å²) in [6.45, 7) is 0. The van der Waals surface area contributed by atoms with Gasteiger partial charge in [-0.05, 0) is 54.2 Å². The van der Waals surface area contributed by atoms with E-state index in [0.717, 1.165) is 6.26 Å². The fourth-order valence-electron chi connectivity index (χ4n) is 1.82. The number of carbonyl (C=O) groups excluding carboxylic acids is 1. The topological polar surface area (TPSA) is 63.2 Å². The summed E-state index contributed by atoms with van der Waals surface area (Å²) >= 11 is -0.269. The molecule has 2 aromatic carbocycles. The van der Waals surface area contributed by atoms with Gasteiger partial charge in [0.25, 0.3) is 5.91 Å². The maximum Gasteiger partial charge on any atom is 0.446 e. The van der Waals surface area contributed by atoms with Crippen molar-refractivity contribution in [2.75, 3.05) is 11.6 Å². The quantitative estimate of drug-likeness (QED) is 0.822. The van der Waals surface area contributed by atoms with Gasteiger partial charge in [-0.1, -0.05) is 6.07 Å². The van der Waals surface area contributed by atoms with E-state index in [1.165, 1.54) is 48.5 Å². The van der Waals surface area contributed by atoms with Crippen molar-refractivity contribution >= 4 is 33.2 Å². The molecule has 0 atom stereocenters. The summed E-state index contributed by atoms with van der Waals surface area (Å²) in [5.41, 5.74) is -3.96. The fourth-order valence-corrected chi connectivity index (χ4v) is 3.02. The Morgan fingerprint density at radius 2 is 1.71 bits per heavy atom. The van der Waals surface area contributed by atoms with Crippen LogP contribution in [0.15, 0.2) is 58.3 Å². The van der Waals surface area contributed by atoms with E-state index in [9.17, 15) is 26.4 Å². The lowest BCUT2D eigenvalue weighted by molar-refractivity contribution is -0.0328. The van der Waals surface area contributed by atoms with E-state index in [4.69, 9.17) is 0 Å². The second kappa shape index (κ2) is 6.86. The van der Waals surface area contributed by atoms with Gasteiger partial charge in [0.2, 0.25) is 0 Å². The lowest BCUT2D eigenvalue weighted by Crippen LogP contribution is -2.12. The highest BCUT2D eigenvalue weighted by Crippen LogP contribution is 2.36. The van der Waals surface area contributed by atoms with E-state index < -0.39 is 21.3 Å². The number of thioether (sulfide) groups is 1. The van der Waals surface area contributed by atoms with E-state index in [2.05, 4.69) is 5.32 Å². The Kier molecular flexibility index (Phi) is 5.24. The van der Waals surface area contributed by atoms with Gasteiger partial charge in [-0.2, -0.15) is 13.2 Å². The molecular weight excluding hydrogens is 363 g/mol. The van der Waals surface area contributed by atoms with Gasteiger partial charge in [-0.15, -0.1) is 0 Å². The van der Waals surface area contributed by atoms with Crippen LogP contribution in [0, 0.1) is 0 Å². The summed E-state index contributed by atoms with van der Waals surface area (Å²) in [5.74, 6) is -0.552. The third-order valence-electron chi connectivity index (χ3n) is 2.87. The van der Waals surface area contributed by atoms with E-state index in [1.807, 2.05) is 0 Å². The third-order valence-corrected chi connectivity index (χ3v) is 4.72. The minimum atomic E-state index is -4.39. The lowest BCUT2D eigenvalue weighted by Gasteiger charge is -2.08. The largest absolute Gasteiger partial charge is 0.446 e. The normalized spacial score (nSPS) is 12.0. The first kappa shape index (κ1) is 18.3. The van der Waals surface area contributed by atoms with Crippen LogP contribution >= 0.6 is 11.8 Å². The van der Waals surface area contributed by atoms with Crippen LogP contribution in [0.25, 0.3) is 0 Å². The first-order chi connectivity index (χ1) is 11.0. The number of hydrogen-bond donors (Lipinski definition) is 1. The molecule has 2 rings (SSSR count). The molecule has 128 valence electrons. The SMILES string of the molecule is CS(=O)(=O)c1cccc(NC(=O)c2ccc(SC(F)(F)F)cc2)c1. The predicted octanol–water partition coefficient (Wildman–Crippen LogP) is 3.95. The van der Waals surface area contributed by atoms with Gasteiger partial charge in [0.1, 0.15) is 0 Å². The van der Waals surface area contributed by atoms with Crippen LogP contribution in [0.1, 0.15) is 10.4 Å². The average Bonchev–Trinajstić information content (AvgIpc) is 2.45. The van der Waals surface area contributed by atoms with Crippen molar-refractivity contribution in [3.8, 4) is 0 Å². The zero-order valence-electron chi connectivity index (χ0n) is 12.3. The molecule has 0 unspecified atom stereocenters. The highest BCUT2D eigenvalue weighted by Gasteiger charge is 2.29. The Bertz CT molecular complexity index is 847. The van der Waals surface area contributed by atoms with Crippen LogP contribution in [0.4, 0.5) is 18.9 Å². The summed E-state index contributed by atoms with van der Waals surface area (Å²) < 4.78 is 59.7. The van der Waals surface area contributed by atoms with Gasteiger partial charge in [0.15, 0.2) is 9.84 Å². The zero-order chi connectivity index (χ0) is 18.0. The molecule has 2 aromatic rings. The lowest BCUT2D eigenvalue weighted by atomic mass is 10.2.